The quantitative estimate of drug-likeness (QED) is 0.333. The molecule has 2 amide bonds. The Bertz CT molecular complexity index is 137. The fourth-order valence-electron chi connectivity index (χ4n) is 0.615. The van der Waals surface area contributed by atoms with Crippen LogP contribution in [0.4, 0.5) is 4.79 Å². The molecule has 0 aromatic carbocycles. The molecule has 0 bridgehead atoms. The summed E-state index contributed by atoms with van der Waals surface area (Å²) in [5.41, 5.74) is 0. The summed E-state index contributed by atoms with van der Waals surface area (Å²) in [6.45, 7) is 0. The molecule has 10 heavy (non-hydrogen) atoms. The van der Waals surface area contributed by atoms with E-state index in [4.69, 9.17) is 0 Å². The SMILES string of the molecule is C[I-]P(I)CC1NC(=O)N1. The minimum absolute atomic E-state index is 0.0147. The van der Waals surface area contributed by atoms with Crippen LogP contribution in [0, 0.1) is 0 Å². The molecule has 0 aromatic rings. The second-order valence-electron chi connectivity index (χ2n) is 1.82. The number of urea groups is 1. The van der Waals surface area contributed by atoms with Crippen molar-refractivity contribution in [1.82, 2.24) is 10.6 Å². The Balaban J connectivity index is 2.10. The zero-order valence-corrected chi connectivity index (χ0v) is 10.6. The maximum atomic E-state index is 10.4. The van der Waals surface area contributed by atoms with Gasteiger partial charge in [0.05, 0.1) is 0 Å². The number of hydrogen-bond donors (Lipinski definition) is 2. The summed E-state index contributed by atoms with van der Waals surface area (Å²) in [5.74, 6) is 0. The molecule has 1 atom stereocenters. The first-order valence-electron chi connectivity index (χ1n) is 2.72. The molecule has 6 heteroatoms. The van der Waals surface area contributed by atoms with Crippen LogP contribution >= 0.6 is 25.2 Å². The van der Waals surface area contributed by atoms with Gasteiger partial charge in [0.1, 0.15) is 0 Å². The molecule has 0 saturated carbocycles. The maximum absolute atomic E-state index is 10.4. The molecule has 0 radical (unpaired) electrons. The molecule has 2 N–H and O–H groups in total. The van der Waals surface area contributed by atoms with Crippen LogP contribution in [-0.4, -0.2) is 23.3 Å². The van der Waals surface area contributed by atoms with Gasteiger partial charge in [0.15, 0.2) is 0 Å². The molecule has 1 aliphatic rings. The van der Waals surface area contributed by atoms with Gasteiger partial charge in [0.25, 0.3) is 0 Å². The van der Waals surface area contributed by atoms with Crippen LogP contribution in [0.5, 0.6) is 0 Å². The monoisotopic (exact) mass is 385 g/mol. The van der Waals surface area contributed by atoms with E-state index in [1.807, 2.05) is 0 Å². The molecule has 1 heterocycles. The first kappa shape index (κ1) is 9.25. The molecule has 1 aliphatic heterocycles. The Morgan fingerprint density at radius 1 is 1.80 bits per heavy atom. The summed E-state index contributed by atoms with van der Waals surface area (Å²) in [4.78, 5) is 12.7. The average Bonchev–Trinajstić information content (AvgIpc) is 1.84. The Hall–Kier alpha value is 1.16. The molecule has 1 unspecified atom stereocenters. The molecular formula is C4H8I2N2OP-. The van der Waals surface area contributed by atoms with Crippen molar-refractivity contribution in [3.63, 3.8) is 0 Å². The summed E-state index contributed by atoms with van der Waals surface area (Å²) in [7, 11) is 0. The van der Waals surface area contributed by atoms with Gasteiger partial charge in [-0.15, -0.1) is 0 Å². The number of carbonyl (C=O) groups excluding carboxylic acids is 1. The zero-order valence-electron chi connectivity index (χ0n) is 5.40. The van der Waals surface area contributed by atoms with Gasteiger partial charge < -0.3 is 0 Å². The van der Waals surface area contributed by atoms with Gasteiger partial charge in [0, 0.05) is 0 Å². The number of rotatable bonds is 3. The van der Waals surface area contributed by atoms with E-state index >= 15 is 0 Å². The van der Waals surface area contributed by atoms with Crippen LogP contribution in [0.1, 0.15) is 0 Å². The third-order valence-electron chi connectivity index (χ3n) is 1.11. The van der Waals surface area contributed by atoms with Gasteiger partial charge in [-0.2, -0.15) is 0 Å². The number of amides is 2. The zero-order chi connectivity index (χ0) is 7.56. The Morgan fingerprint density at radius 2 is 2.40 bits per heavy atom. The van der Waals surface area contributed by atoms with Crippen LogP contribution in [0.15, 0.2) is 0 Å². The van der Waals surface area contributed by atoms with E-state index in [1.165, 1.54) is 0 Å². The van der Waals surface area contributed by atoms with E-state index < -0.39 is 0 Å². The van der Waals surface area contributed by atoms with E-state index in [-0.39, 0.29) is 15.4 Å². The Kier molecular flexibility index (Phi) is 3.93. The number of carbonyl (C=O) groups is 1. The molecule has 3 nitrogen and oxygen atoms in total. The van der Waals surface area contributed by atoms with E-state index in [2.05, 4.69) is 37.6 Å². The predicted molar refractivity (Wildman–Crippen MR) is 47.2 cm³/mol. The molecule has 60 valence electrons. The van der Waals surface area contributed by atoms with Gasteiger partial charge in [-0.25, -0.2) is 0 Å². The normalized spacial score (nSPS) is 21.2. The molecule has 0 aromatic heterocycles. The second-order valence-corrected chi connectivity index (χ2v) is 18.6. The summed E-state index contributed by atoms with van der Waals surface area (Å²) in [6, 6.07) is -0.0147. The van der Waals surface area contributed by atoms with Crippen LogP contribution in [0.3, 0.4) is 0 Å². The first-order chi connectivity index (χ1) is 4.72. The topological polar surface area (TPSA) is 41.1 Å². The number of halogens is 2. The van der Waals surface area contributed by atoms with Crippen LogP contribution in [-0.2, 0) is 0 Å². The summed E-state index contributed by atoms with van der Waals surface area (Å²) in [5, 5.41) is 5.57. The number of alkyl halides is 1. The third kappa shape index (κ3) is 2.65. The van der Waals surface area contributed by atoms with Crippen molar-refractivity contribution in [2.45, 2.75) is 6.17 Å². The van der Waals surface area contributed by atoms with E-state index in [0.29, 0.717) is 20.7 Å². The molecule has 1 rings (SSSR count). The fraction of sp³-hybridized carbons (Fsp3) is 0.750. The van der Waals surface area contributed by atoms with Crippen molar-refractivity contribution >= 4 is 31.3 Å². The van der Waals surface area contributed by atoms with Crippen LogP contribution < -0.4 is 31.3 Å². The Morgan fingerprint density at radius 3 is 2.80 bits per heavy atom. The molecule has 1 fully saturated rings. The number of hydrogen-bond acceptors (Lipinski definition) is 1. The summed E-state index contributed by atoms with van der Waals surface area (Å²) >= 11 is 2.89. The predicted octanol–water partition coefficient (Wildman–Crippen LogP) is -1.91. The van der Waals surface area contributed by atoms with Crippen molar-refractivity contribution in [3.05, 3.63) is 0 Å². The van der Waals surface area contributed by atoms with Crippen LogP contribution in [0.25, 0.3) is 0 Å². The summed E-state index contributed by atoms with van der Waals surface area (Å²) < 4.78 is 0.211. The second kappa shape index (κ2) is 4.25. The third-order valence-corrected chi connectivity index (χ3v) is 15.0. The van der Waals surface area contributed by atoms with Crippen molar-refractivity contribution in [3.8, 4) is 0 Å². The van der Waals surface area contributed by atoms with Gasteiger partial charge in [-0.1, -0.05) is 0 Å². The van der Waals surface area contributed by atoms with Crippen molar-refractivity contribution < 1.29 is 25.4 Å². The van der Waals surface area contributed by atoms with Crippen LogP contribution in [0.2, 0.25) is 0 Å². The van der Waals surface area contributed by atoms with Crippen molar-refractivity contribution in [1.29, 1.82) is 0 Å². The van der Waals surface area contributed by atoms with E-state index in [0.717, 1.165) is 6.16 Å². The summed E-state index contributed by atoms with van der Waals surface area (Å²) in [6.07, 6.45) is 1.43. The van der Waals surface area contributed by atoms with Crippen molar-refractivity contribution in [2.75, 3.05) is 11.1 Å². The minimum atomic E-state index is -0.0147. The van der Waals surface area contributed by atoms with Gasteiger partial charge in [-0.3, -0.25) is 0 Å². The first-order valence-corrected chi connectivity index (χ1v) is 12.0. The molecular weight excluding hydrogens is 377 g/mol. The average molecular weight is 385 g/mol. The molecule has 1 saturated heterocycles. The molecule has 0 aliphatic carbocycles. The Labute approximate surface area is 83.9 Å². The molecule has 0 spiro atoms. The van der Waals surface area contributed by atoms with E-state index in [9.17, 15) is 4.79 Å². The van der Waals surface area contributed by atoms with Gasteiger partial charge >= 0.3 is 84.6 Å². The fourth-order valence-corrected chi connectivity index (χ4v) is 4.76. The van der Waals surface area contributed by atoms with Gasteiger partial charge in [-0.05, 0) is 0 Å². The van der Waals surface area contributed by atoms with E-state index in [1.54, 1.807) is 0 Å². The number of nitrogens with one attached hydrogen (secondary N) is 2. The standard InChI is InChI=1S/C4H8I2N2OP/c1-6-10(5)2-3-7-4(9)8-3/h3H,2H2,1H3,(H2,7,8,9)/q-1. The van der Waals surface area contributed by atoms with Crippen molar-refractivity contribution in [2.24, 2.45) is 0 Å². The van der Waals surface area contributed by atoms with Gasteiger partial charge in [0.2, 0.25) is 0 Å².